The van der Waals surface area contributed by atoms with Gasteiger partial charge in [0, 0.05) is 22.8 Å². The molecule has 0 aliphatic rings. The second kappa shape index (κ2) is 4.54. The standard InChI is InChI=1S/C14H11BrClN3/c1-19-13-5-2-8(15)6-12(13)18-14(19)10-4-3-9(17)7-11(10)16/h2-7H,17H2,1H3. The van der Waals surface area contributed by atoms with Crippen molar-refractivity contribution in [3.8, 4) is 11.4 Å². The molecule has 0 radical (unpaired) electrons. The summed E-state index contributed by atoms with van der Waals surface area (Å²) in [6.45, 7) is 0. The van der Waals surface area contributed by atoms with Crippen molar-refractivity contribution in [2.75, 3.05) is 5.73 Å². The Bertz CT molecular complexity index is 780. The van der Waals surface area contributed by atoms with Crippen molar-refractivity contribution in [2.45, 2.75) is 0 Å². The number of nitrogens with two attached hydrogens (primary N) is 1. The Labute approximate surface area is 124 Å². The largest absolute Gasteiger partial charge is 0.399 e. The first-order valence-electron chi connectivity index (χ1n) is 5.73. The topological polar surface area (TPSA) is 43.8 Å². The lowest BCUT2D eigenvalue weighted by molar-refractivity contribution is 0.959. The molecule has 2 aromatic carbocycles. The van der Waals surface area contributed by atoms with Crippen LogP contribution in [0.5, 0.6) is 0 Å². The highest BCUT2D eigenvalue weighted by atomic mass is 79.9. The molecule has 1 aromatic heterocycles. The van der Waals surface area contributed by atoms with Gasteiger partial charge in [-0.3, -0.25) is 0 Å². The zero-order chi connectivity index (χ0) is 13.6. The van der Waals surface area contributed by atoms with Crippen LogP contribution in [-0.4, -0.2) is 9.55 Å². The van der Waals surface area contributed by atoms with E-state index in [1.165, 1.54) is 0 Å². The second-order valence-electron chi connectivity index (χ2n) is 4.37. The molecule has 3 nitrogen and oxygen atoms in total. The Hall–Kier alpha value is -1.52. The fourth-order valence-corrected chi connectivity index (χ4v) is 2.75. The van der Waals surface area contributed by atoms with Gasteiger partial charge in [0.2, 0.25) is 0 Å². The van der Waals surface area contributed by atoms with Crippen LogP contribution in [0.4, 0.5) is 5.69 Å². The zero-order valence-corrected chi connectivity index (χ0v) is 12.5. The number of fused-ring (bicyclic) bond motifs is 1. The molecular formula is C14H11BrClN3. The second-order valence-corrected chi connectivity index (χ2v) is 5.69. The van der Waals surface area contributed by atoms with Crippen molar-refractivity contribution in [3.63, 3.8) is 0 Å². The predicted molar refractivity (Wildman–Crippen MR) is 83.3 cm³/mol. The van der Waals surface area contributed by atoms with Crippen molar-refractivity contribution < 1.29 is 0 Å². The number of hydrogen-bond acceptors (Lipinski definition) is 2. The Morgan fingerprint density at radius 2 is 2.00 bits per heavy atom. The van der Waals surface area contributed by atoms with Gasteiger partial charge in [-0.2, -0.15) is 0 Å². The minimum absolute atomic E-state index is 0.609. The maximum Gasteiger partial charge on any atom is 0.142 e. The van der Waals surface area contributed by atoms with E-state index in [0.717, 1.165) is 26.9 Å². The van der Waals surface area contributed by atoms with Crippen LogP contribution in [0.1, 0.15) is 0 Å². The van der Waals surface area contributed by atoms with Crippen LogP contribution >= 0.6 is 27.5 Å². The maximum absolute atomic E-state index is 6.25. The van der Waals surface area contributed by atoms with Crippen LogP contribution in [0.2, 0.25) is 5.02 Å². The van der Waals surface area contributed by atoms with Gasteiger partial charge >= 0.3 is 0 Å². The highest BCUT2D eigenvalue weighted by molar-refractivity contribution is 9.10. The van der Waals surface area contributed by atoms with E-state index >= 15 is 0 Å². The fourth-order valence-electron chi connectivity index (χ4n) is 2.13. The van der Waals surface area contributed by atoms with E-state index in [2.05, 4.69) is 20.9 Å². The average Bonchev–Trinajstić information content (AvgIpc) is 2.66. The molecule has 0 fully saturated rings. The molecule has 0 aliphatic heterocycles. The molecule has 0 unspecified atom stereocenters. The quantitative estimate of drug-likeness (QED) is 0.676. The minimum Gasteiger partial charge on any atom is -0.399 e. The number of anilines is 1. The summed E-state index contributed by atoms with van der Waals surface area (Å²) in [6.07, 6.45) is 0. The zero-order valence-electron chi connectivity index (χ0n) is 10.2. The maximum atomic E-state index is 6.25. The van der Waals surface area contributed by atoms with Gasteiger partial charge in [0.05, 0.1) is 16.1 Å². The first kappa shape index (κ1) is 12.5. The van der Waals surface area contributed by atoms with E-state index < -0.39 is 0 Å². The van der Waals surface area contributed by atoms with Crippen molar-refractivity contribution in [1.82, 2.24) is 9.55 Å². The van der Waals surface area contributed by atoms with E-state index in [1.54, 1.807) is 6.07 Å². The molecule has 0 spiro atoms. The number of benzene rings is 2. The van der Waals surface area contributed by atoms with Gasteiger partial charge in [-0.05, 0) is 36.4 Å². The molecule has 5 heteroatoms. The molecule has 19 heavy (non-hydrogen) atoms. The first-order valence-corrected chi connectivity index (χ1v) is 6.91. The monoisotopic (exact) mass is 335 g/mol. The Kier molecular flexibility index (Phi) is 2.99. The molecule has 0 atom stereocenters. The molecule has 0 bridgehead atoms. The first-order chi connectivity index (χ1) is 9.06. The van der Waals surface area contributed by atoms with Crippen molar-refractivity contribution >= 4 is 44.3 Å². The molecule has 2 N–H and O–H groups in total. The van der Waals surface area contributed by atoms with Gasteiger partial charge < -0.3 is 10.3 Å². The molecule has 0 saturated carbocycles. The number of hydrogen-bond donors (Lipinski definition) is 1. The molecule has 0 aliphatic carbocycles. The Balaban J connectivity index is 2.27. The number of imidazole rings is 1. The summed E-state index contributed by atoms with van der Waals surface area (Å²) in [5.74, 6) is 0.832. The lowest BCUT2D eigenvalue weighted by atomic mass is 10.2. The number of rotatable bonds is 1. The van der Waals surface area contributed by atoms with E-state index in [-0.39, 0.29) is 0 Å². The van der Waals surface area contributed by atoms with Gasteiger partial charge in [0.15, 0.2) is 0 Å². The van der Waals surface area contributed by atoms with Crippen LogP contribution in [-0.2, 0) is 7.05 Å². The lowest BCUT2D eigenvalue weighted by Gasteiger charge is -2.05. The van der Waals surface area contributed by atoms with Crippen molar-refractivity contribution in [2.24, 2.45) is 7.05 Å². The fraction of sp³-hybridized carbons (Fsp3) is 0.0714. The number of aromatic nitrogens is 2. The molecule has 3 aromatic rings. The van der Waals surface area contributed by atoms with E-state index in [1.807, 2.05) is 41.9 Å². The molecule has 0 amide bonds. The molecule has 3 rings (SSSR count). The third-order valence-corrected chi connectivity index (χ3v) is 3.88. The summed E-state index contributed by atoms with van der Waals surface area (Å²) in [4.78, 5) is 4.64. The minimum atomic E-state index is 0.609. The summed E-state index contributed by atoms with van der Waals surface area (Å²) < 4.78 is 3.03. The smallest absolute Gasteiger partial charge is 0.142 e. The summed E-state index contributed by atoms with van der Waals surface area (Å²) >= 11 is 9.71. The molecule has 96 valence electrons. The van der Waals surface area contributed by atoms with Gasteiger partial charge in [0.1, 0.15) is 5.82 Å². The lowest BCUT2D eigenvalue weighted by Crippen LogP contribution is -1.94. The highest BCUT2D eigenvalue weighted by Crippen LogP contribution is 2.31. The summed E-state index contributed by atoms with van der Waals surface area (Å²) in [7, 11) is 1.98. The van der Waals surface area contributed by atoms with Gasteiger partial charge in [-0.1, -0.05) is 27.5 Å². The highest BCUT2D eigenvalue weighted by Gasteiger charge is 2.12. The SMILES string of the molecule is Cn1c(-c2ccc(N)cc2Cl)nc2cc(Br)ccc21. The average molecular weight is 337 g/mol. The van der Waals surface area contributed by atoms with Gasteiger partial charge in [-0.15, -0.1) is 0 Å². The molecule has 0 saturated heterocycles. The van der Waals surface area contributed by atoms with Crippen molar-refractivity contribution in [1.29, 1.82) is 0 Å². The number of halogens is 2. The van der Waals surface area contributed by atoms with E-state index in [0.29, 0.717) is 10.7 Å². The number of nitrogens with zero attached hydrogens (tertiary/aromatic N) is 2. The Morgan fingerprint density at radius 1 is 1.21 bits per heavy atom. The van der Waals surface area contributed by atoms with Crippen LogP contribution < -0.4 is 5.73 Å². The van der Waals surface area contributed by atoms with Crippen molar-refractivity contribution in [3.05, 3.63) is 45.9 Å². The van der Waals surface area contributed by atoms with Crippen LogP contribution in [0.15, 0.2) is 40.9 Å². The third-order valence-electron chi connectivity index (χ3n) is 3.08. The molecular weight excluding hydrogens is 326 g/mol. The summed E-state index contributed by atoms with van der Waals surface area (Å²) in [5.41, 5.74) is 9.24. The van der Waals surface area contributed by atoms with E-state index in [4.69, 9.17) is 17.3 Å². The van der Waals surface area contributed by atoms with Crippen LogP contribution in [0.25, 0.3) is 22.4 Å². The summed E-state index contributed by atoms with van der Waals surface area (Å²) in [6, 6.07) is 11.5. The Morgan fingerprint density at radius 3 is 2.74 bits per heavy atom. The number of nitrogen functional groups attached to an aromatic ring is 1. The van der Waals surface area contributed by atoms with E-state index in [9.17, 15) is 0 Å². The molecule has 1 heterocycles. The van der Waals surface area contributed by atoms with Crippen LogP contribution in [0.3, 0.4) is 0 Å². The normalized spacial score (nSPS) is 11.1. The number of aryl methyl sites for hydroxylation is 1. The van der Waals surface area contributed by atoms with Gasteiger partial charge in [-0.25, -0.2) is 4.98 Å². The third kappa shape index (κ3) is 2.11. The summed E-state index contributed by atoms with van der Waals surface area (Å²) in [5, 5.41) is 0.609. The van der Waals surface area contributed by atoms with Crippen LogP contribution in [0, 0.1) is 0 Å². The predicted octanol–water partition coefficient (Wildman–Crippen LogP) is 4.24. The van der Waals surface area contributed by atoms with Gasteiger partial charge in [0.25, 0.3) is 0 Å².